The van der Waals surface area contributed by atoms with E-state index in [-0.39, 0.29) is 11.5 Å². The zero-order valence-corrected chi connectivity index (χ0v) is 47.2. The Morgan fingerprint density at radius 2 is 0.803 bits per heavy atom. The Balaban J connectivity index is 1.52. The van der Waals surface area contributed by atoms with Crippen molar-refractivity contribution in [1.82, 2.24) is 4.58 Å². The first kappa shape index (κ1) is 62.0. The number of rotatable bonds is 36. The third-order valence-corrected chi connectivity index (χ3v) is 15.7. The molecule has 0 fully saturated rings. The molecule has 0 saturated heterocycles. The van der Waals surface area contributed by atoms with Gasteiger partial charge in [0.25, 0.3) is 0 Å². The molecule has 0 atom stereocenters. The maximum absolute atomic E-state index is 11.2. The number of hydrogen-bond acceptors (Lipinski definition) is 18. The highest BCUT2D eigenvalue weighted by Crippen LogP contribution is 2.38. The fourth-order valence-corrected chi connectivity index (χ4v) is 10.9. The van der Waals surface area contributed by atoms with Gasteiger partial charge >= 0.3 is 0 Å². The summed E-state index contributed by atoms with van der Waals surface area (Å²) in [7, 11) is -8.55. The van der Waals surface area contributed by atoms with Crippen LogP contribution >= 0.6 is 24.1 Å². The van der Waals surface area contributed by atoms with E-state index in [1.54, 1.807) is 0 Å². The molecule has 0 spiro atoms. The Bertz CT molecular complexity index is 2600. The normalized spacial score (nSPS) is 12.6. The molecule has 0 unspecified atom stereocenters. The summed E-state index contributed by atoms with van der Waals surface area (Å²) in [5.41, 5.74) is 9.70. The molecule has 416 valence electrons. The third-order valence-electron chi connectivity index (χ3n) is 12.9. The number of hydrogen-bond donors (Lipinski definition) is 0. The number of allylic oxidation sites excluding steroid dienone is 4. The summed E-state index contributed by atoms with van der Waals surface area (Å²) in [5.74, 6) is 0.529. The van der Waals surface area contributed by atoms with Gasteiger partial charge in [-0.2, -0.15) is 13.2 Å². The lowest BCUT2D eigenvalue weighted by Crippen LogP contribution is -2.24. The van der Waals surface area contributed by atoms with E-state index in [1.165, 1.54) is 0 Å². The number of anilines is 6. The fourth-order valence-electron chi connectivity index (χ4n) is 8.97. The summed E-state index contributed by atoms with van der Waals surface area (Å²) >= 11 is 2.01. The fraction of sp³-hybridized carbons (Fsp3) is 0.444. The quantitative estimate of drug-likeness (QED) is 0.00793. The van der Waals surface area contributed by atoms with Crippen LogP contribution in [0.3, 0.4) is 0 Å². The molecule has 22 heteroatoms. The summed E-state index contributed by atoms with van der Waals surface area (Å²) in [6.07, 6.45) is 13.8. The lowest BCUT2D eigenvalue weighted by atomic mass is 10.1. The third kappa shape index (κ3) is 20.5. The molecule has 4 aromatic carbocycles. The summed E-state index contributed by atoms with van der Waals surface area (Å²) in [5, 5.41) is 27.3. The minimum atomic E-state index is -4.28. The highest BCUT2D eigenvalue weighted by molar-refractivity contribution is 7.94. The van der Waals surface area contributed by atoms with Crippen molar-refractivity contribution in [1.29, 1.82) is 0 Å². The lowest BCUT2D eigenvalue weighted by molar-refractivity contribution is -0.777. The van der Waals surface area contributed by atoms with Crippen molar-refractivity contribution in [2.45, 2.75) is 79.1 Å². The Kier molecular flexibility index (Phi) is 26.8. The average molecular weight is 1130 g/mol. The van der Waals surface area contributed by atoms with Crippen LogP contribution in [0.2, 0.25) is 0 Å². The van der Waals surface area contributed by atoms with Crippen LogP contribution in [0, 0.1) is 0 Å². The van der Waals surface area contributed by atoms with Crippen LogP contribution in [-0.4, -0.2) is 117 Å². The van der Waals surface area contributed by atoms with Gasteiger partial charge in [0.1, 0.15) is 13.1 Å². The van der Waals surface area contributed by atoms with Crippen LogP contribution in [0.1, 0.15) is 79.1 Å². The van der Waals surface area contributed by atoms with Crippen LogP contribution in [0.15, 0.2) is 121 Å². The molecule has 0 aliphatic heterocycles. The molecule has 5 rings (SSSR count). The topological polar surface area (TPSA) is 216 Å². The second-order valence-corrected chi connectivity index (χ2v) is 22.4. The van der Waals surface area contributed by atoms with E-state index >= 15 is 0 Å². The minimum absolute atomic E-state index is 0.292. The Morgan fingerprint density at radius 3 is 1.17 bits per heavy atom. The van der Waals surface area contributed by atoms with Crippen molar-refractivity contribution >= 4 is 101 Å². The Labute approximate surface area is 458 Å². The molecule has 0 heterocycles. The molecule has 18 nitrogen and oxygen atoms in total. The van der Waals surface area contributed by atoms with Gasteiger partial charge in [0.2, 0.25) is 17.1 Å². The molecule has 0 aromatic heterocycles. The van der Waals surface area contributed by atoms with Crippen LogP contribution in [0.5, 0.6) is 0 Å². The van der Waals surface area contributed by atoms with Gasteiger partial charge < -0.3 is 39.2 Å². The first-order valence-corrected chi connectivity index (χ1v) is 30.8. The van der Waals surface area contributed by atoms with E-state index in [9.17, 15) is 36.5 Å². The monoisotopic (exact) mass is 1120 g/mol. The maximum Gasteiger partial charge on any atom is 0.212 e. The van der Waals surface area contributed by atoms with E-state index in [1.807, 2.05) is 13.8 Å². The first-order chi connectivity index (χ1) is 36.7. The van der Waals surface area contributed by atoms with Gasteiger partial charge in [-0.15, -0.1) is 0 Å². The molecular formula is C54H72N6O12S4-2. The standard InChI is InChI=1S/C54H74N6O12S4/c1-5-55(37-9-13-41-73-71-69-61)45-17-25-49(26-18-45)59(50-27-19-46(20-28-50)56(6-2)38-10-14-42-74-72-70-62)53-33-35-54(36-34-53)60(51-29-21-47(22-30-51)57(7-3)39-11-15-43-75(63,64)65)52-31-23-48(24-32-52)58(8-4)40-12-16-44-76(66,67)68/h17-36H,5-16,37-44H2,1-4H3,(H2-2,61,62,63,64,65,66,67,68)/p-2. The summed E-state index contributed by atoms with van der Waals surface area (Å²) in [4.78, 5) is 8.82. The summed E-state index contributed by atoms with van der Waals surface area (Å²) in [6, 6.07) is 33.5. The van der Waals surface area contributed by atoms with Gasteiger partial charge in [-0.25, -0.2) is 21.4 Å². The van der Waals surface area contributed by atoms with E-state index in [4.69, 9.17) is 0 Å². The number of nitrogens with zero attached hydrogens (tertiary/aromatic N) is 6. The van der Waals surface area contributed by atoms with Crippen molar-refractivity contribution in [2.75, 3.05) is 95.0 Å². The first-order valence-electron chi connectivity index (χ1n) is 25.9. The van der Waals surface area contributed by atoms with Gasteiger partial charge in [-0.3, -0.25) is 10.1 Å². The average Bonchev–Trinajstić information content (AvgIpc) is 3.41. The van der Waals surface area contributed by atoms with Crippen molar-refractivity contribution in [3.63, 3.8) is 0 Å². The smallest absolute Gasteiger partial charge is 0.212 e. The number of unbranched alkanes of at least 4 members (excludes halogenated alkanes) is 4. The molecule has 0 bridgehead atoms. The van der Waals surface area contributed by atoms with E-state index in [0.717, 1.165) is 133 Å². The van der Waals surface area contributed by atoms with E-state index < -0.39 is 20.2 Å². The highest BCUT2D eigenvalue weighted by Gasteiger charge is 2.24. The van der Waals surface area contributed by atoms with Gasteiger partial charge in [0.15, 0.2) is 5.71 Å². The summed E-state index contributed by atoms with van der Waals surface area (Å²) < 4.78 is 80.9. The van der Waals surface area contributed by atoms with Crippen molar-refractivity contribution in [2.24, 2.45) is 0 Å². The largest absolute Gasteiger partial charge is 0.748 e. The predicted molar refractivity (Wildman–Crippen MR) is 302 cm³/mol. The molecule has 76 heavy (non-hydrogen) atoms. The molecule has 0 N–H and O–H groups in total. The maximum atomic E-state index is 11.2. The molecule has 0 radical (unpaired) electrons. The van der Waals surface area contributed by atoms with Gasteiger partial charge in [-0.1, -0.05) is 0 Å². The van der Waals surface area contributed by atoms with Crippen LogP contribution < -0.4 is 34.7 Å². The van der Waals surface area contributed by atoms with Crippen LogP contribution in [-0.2, 0) is 39.0 Å². The summed E-state index contributed by atoms with van der Waals surface area (Å²) in [6.45, 7) is 14.2. The van der Waals surface area contributed by atoms with Crippen LogP contribution in [0.4, 0.5) is 45.5 Å². The van der Waals surface area contributed by atoms with Crippen molar-refractivity contribution < 1.29 is 59.8 Å². The highest BCUT2D eigenvalue weighted by atomic mass is 32.2. The Hall–Kier alpha value is -4.82. The van der Waals surface area contributed by atoms with Crippen LogP contribution in [0.25, 0.3) is 0 Å². The van der Waals surface area contributed by atoms with E-state index in [0.29, 0.717) is 63.4 Å². The van der Waals surface area contributed by atoms with E-state index in [2.05, 4.69) is 183 Å². The molecule has 1 aliphatic rings. The molecule has 1 aliphatic carbocycles. The zero-order chi connectivity index (χ0) is 54.8. The SMILES string of the molecule is CCN(CCCCSOO[O-])c1ccc([N+](=C2C=CC(=[N+](CC)CCCCSOO[O-])C=C2)c2ccc(N(c3ccc(N(CC)CCCCS(=O)(=O)[O-])cc3)c3ccc(N(CC)CCCCS(=O)(=O)[O-])cc3)cc2)cc1. The Morgan fingerprint density at radius 1 is 0.461 bits per heavy atom. The lowest BCUT2D eigenvalue weighted by Gasteiger charge is -2.29. The van der Waals surface area contributed by atoms with Gasteiger partial charge in [0.05, 0.1) is 20.2 Å². The molecule has 0 amide bonds. The second kappa shape index (κ2) is 32.8. The van der Waals surface area contributed by atoms with Crippen molar-refractivity contribution in [3.8, 4) is 0 Å². The van der Waals surface area contributed by atoms with Crippen molar-refractivity contribution in [3.05, 3.63) is 121 Å². The second-order valence-electron chi connectivity index (χ2n) is 17.8. The number of benzene rings is 4. The predicted octanol–water partition coefficient (Wildman–Crippen LogP) is 8.47. The minimum Gasteiger partial charge on any atom is -0.748 e. The molecular weight excluding hydrogens is 1050 g/mol. The zero-order valence-electron chi connectivity index (χ0n) is 43.9. The van der Waals surface area contributed by atoms with Gasteiger partial charge in [-0.05, 0) is 145 Å². The molecule has 4 aromatic rings. The molecule has 0 saturated carbocycles. The van der Waals surface area contributed by atoms with Gasteiger partial charge in [0, 0.05) is 175 Å².